The van der Waals surface area contributed by atoms with Crippen LogP contribution in [0.5, 0.6) is 0 Å². The van der Waals surface area contributed by atoms with E-state index >= 15 is 0 Å². The third-order valence-electron chi connectivity index (χ3n) is 6.10. The van der Waals surface area contributed by atoms with Gasteiger partial charge in [0.05, 0.1) is 5.52 Å². The number of fused-ring (bicyclic) bond motifs is 1. The quantitative estimate of drug-likeness (QED) is 0.611. The van der Waals surface area contributed by atoms with Crippen LogP contribution in [0.25, 0.3) is 11.0 Å². The third kappa shape index (κ3) is 5.23. The van der Waals surface area contributed by atoms with Gasteiger partial charge in [0.1, 0.15) is 11.3 Å². The lowest BCUT2D eigenvalue weighted by atomic mass is 10.1. The fourth-order valence-corrected chi connectivity index (χ4v) is 4.20. The number of aromatic nitrogens is 3. The van der Waals surface area contributed by atoms with Gasteiger partial charge in [0.15, 0.2) is 5.82 Å². The number of hydrogen-bond acceptors (Lipinski definition) is 5. The molecule has 0 amide bonds. The van der Waals surface area contributed by atoms with Gasteiger partial charge in [-0.25, -0.2) is 9.97 Å². The smallest absolute Gasteiger partial charge is 0.151 e. The van der Waals surface area contributed by atoms with Gasteiger partial charge in [0, 0.05) is 38.3 Å². The lowest BCUT2D eigenvalue weighted by molar-refractivity contribution is 0.135. The average molecular weight is 387 g/mol. The van der Waals surface area contributed by atoms with E-state index in [1.807, 2.05) is 0 Å². The van der Waals surface area contributed by atoms with Crippen molar-refractivity contribution in [1.82, 2.24) is 24.8 Å². The van der Waals surface area contributed by atoms with Crippen LogP contribution >= 0.6 is 0 Å². The molecule has 0 spiro atoms. The second-order valence-corrected chi connectivity index (χ2v) is 8.17. The molecule has 3 heterocycles. The molecule has 2 aromatic heterocycles. The maximum Gasteiger partial charge on any atom is 0.151 e. The van der Waals surface area contributed by atoms with Crippen molar-refractivity contribution in [1.29, 1.82) is 0 Å². The van der Waals surface area contributed by atoms with E-state index in [0.717, 1.165) is 42.5 Å². The Hall–Kier alpha value is -1.66. The van der Waals surface area contributed by atoms with E-state index in [2.05, 4.69) is 40.5 Å². The molecule has 0 atom stereocenters. The van der Waals surface area contributed by atoms with Crippen LogP contribution in [0.3, 0.4) is 0 Å². The van der Waals surface area contributed by atoms with Crippen LogP contribution in [0.2, 0.25) is 0 Å². The molecule has 1 fully saturated rings. The van der Waals surface area contributed by atoms with Crippen LogP contribution in [-0.4, -0.2) is 64.0 Å². The van der Waals surface area contributed by atoms with Crippen LogP contribution in [-0.2, 0) is 12.8 Å². The zero-order chi connectivity index (χ0) is 19.9. The lowest BCUT2D eigenvalue weighted by Gasteiger charge is -2.33. The molecular formula is C22H38N6. The van der Waals surface area contributed by atoms with Gasteiger partial charge in [-0.3, -0.25) is 0 Å². The molecule has 1 aliphatic heterocycles. The highest BCUT2D eigenvalue weighted by Gasteiger charge is 2.16. The van der Waals surface area contributed by atoms with Crippen molar-refractivity contribution < 1.29 is 0 Å². The molecule has 6 heteroatoms. The highest BCUT2D eigenvalue weighted by Crippen LogP contribution is 2.26. The third-order valence-corrected chi connectivity index (χ3v) is 6.10. The first kappa shape index (κ1) is 21.1. The minimum atomic E-state index is 0.594. The SMILES string of the molecule is CCCCc1nc(N)c2[nH]c(C)c(CCCCCN3CCN(CC)CC3)c2n1. The molecule has 0 radical (unpaired) electrons. The van der Waals surface area contributed by atoms with Gasteiger partial charge in [0.25, 0.3) is 0 Å². The van der Waals surface area contributed by atoms with Gasteiger partial charge >= 0.3 is 0 Å². The van der Waals surface area contributed by atoms with Gasteiger partial charge in [0.2, 0.25) is 0 Å². The van der Waals surface area contributed by atoms with Crippen LogP contribution < -0.4 is 5.73 Å². The molecule has 3 N–H and O–H groups in total. The number of piperazine rings is 1. The molecular weight excluding hydrogens is 348 g/mol. The number of aromatic amines is 1. The molecule has 1 aliphatic rings. The fourth-order valence-electron chi connectivity index (χ4n) is 4.20. The summed E-state index contributed by atoms with van der Waals surface area (Å²) in [4.78, 5) is 17.9. The average Bonchev–Trinajstić information content (AvgIpc) is 3.02. The summed E-state index contributed by atoms with van der Waals surface area (Å²) in [5.74, 6) is 1.48. The predicted octanol–water partition coefficient (Wildman–Crippen LogP) is 3.54. The predicted molar refractivity (Wildman–Crippen MR) is 118 cm³/mol. The number of nitrogens with two attached hydrogens (primary N) is 1. The molecule has 1 saturated heterocycles. The second-order valence-electron chi connectivity index (χ2n) is 8.17. The maximum absolute atomic E-state index is 6.20. The number of nitrogens with zero attached hydrogens (tertiary/aromatic N) is 4. The summed E-state index contributed by atoms with van der Waals surface area (Å²) >= 11 is 0. The number of anilines is 1. The molecule has 28 heavy (non-hydrogen) atoms. The summed E-state index contributed by atoms with van der Waals surface area (Å²) in [7, 11) is 0. The van der Waals surface area contributed by atoms with E-state index in [0.29, 0.717) is 5.82 Å². The van der Waals surface area contributed by atoms with Gasteiger partial charge in [-0.2, -0.15) is 0 Å². The summed E-state index contributed by atoms with van der Waals surface area (Å²) in [5, 5.41) is 0. The molecule has 0 unspecified atom stereocenters. The summed E-state index contributed by atoms with van der Waals surface area (Å²) < 4.78 is 0. The normalized spacial score (nSPS) is 16.2. The number of nitrogen functional groups attached to an aromatic ring is 1. The van der Waals surface area contributed by atoms with Gasteiger partial charge in [-0.1, -0.05) is 26.7 Å². The first-order chi connectivity index (χ1) is 13.6. The molecule has 0 bridgehead atoms. The zero-order valence-corrected chi connectivity index (χ0v) is 18.1. The van der Waals surface area contributed by atoms with Gasteiger partial charge in [-0.05, 0) is 51.3 Å². The van der Waals surface area contributed by atoms with Gasteiger partial charge < -0.3 is 20.5 Å². The molecule has 2 aromatic rings. The Labute approximate surface area is 169 Å². The number of likely N-dealkylation sites (N-methyl/N-ethyl adjacent to an activating group) is 1. The monoisotopic (exact) mass is 386 g/mol. The fraction of sp³-hybridized carbons (Fsp3) is 0.727. The summed E-state index contributed by atoms with van der Waals surface area (Å²) in [6.07, 6.45) is 7.99. The second kappa shape index (κ2) is 10.2. The van der Waals surface area contributed by atoms with E-state index in [1.165, 1.54) is 69.8 Å². The van der Waals surface area contributed by atoms with Crippen LogP contribution in [0, 0.1) is 6.92 Å². The summed E-state index contributed by atoms with van der Waals surface area (Å²) in [6, 6.07) is 0. The van der Waals surface area contributed by atoms with Crippen molar-refractivity contribution in [2.45, 2.75) is 65.7 Å². The van der Waals surface area contributed by atoms with Crippen molar-refractivity contribution in [2.75, 3.05) is 45.0 Å². The van der Waals surface area contributed by atoms with E-state index in [-0.39, 0.29) is 0 Å². The number of hydrogen-bond donors (Lipinski definition) is 2. The van der Waals surface area contributed by atoms with Crippen molar-refractivity contribution in [3.8, 4) is 0 Å². The van der Waals surface area contributed by atoms with Crippen molar-refractivity contribution >= 4 is 16.9 Å². The van der Waals surface area contributed by atoms with E-state index in [9.17, 15) is 0 Å². The summed E-state index contributed by atoms with van der Waals surface area (Å²) in [5.41, 5.74) is 10.7. The van der Waals surface area contributed by atoms with Crippen molar-refractivity contribution in [2.24, 2.45) is 0 Å². The maximum atomic E-state index is 6.20. The Morgan fingerprint density at radius 1 is 0.929 bits per heavy atom. The lowest BCUT2D eigenvalue weighted by Crippen LogP contribution is -2.46. The Morgan fingerprint density at radius 2 is 1.68 bits per heavy atom. The van der Waals surface area contributed by atoms with E-state index < -0.39 is 0 Å². The number of H-pyrrole nitrogens is 1. The Morgan fingerprint density at radius 3 is 2.39 bits per heavy atom. The topological polar surface area (TPSA) is 74.1 Å². The largest absolute Gasteiger partial charge is 0.382 e. The van der Waals surface area contributed by atoms with Crippen LogP contribution in [0.4, 0.5) is 5.82 Å². The van der Waals surface area contributed by atoms with E-state index in [4.69, 9.17) is 10.7 Å². The highest BCUT2D eigenvalue weighted by atomic mass is 15.3. The molecule has 156 valence electrons. The number of nitrogens with one attached hydrogen (secondary N) is 1. The summed E-state index contributed by atoms with van der Waals surface area (Å²) in [6.45, 7) is 13.9. The molecule has 3 rings (SSSR count). The standard InChI is InChI=1S/C22H38N6/c1-4-6-11-19-25-20-18(17(3)24-21(20)22(23)26-19)10-8-7-9-12-28-15-13-27(5-2)14-16-28/h24H,4-16H2,1-3H3,(H2,23,25,26). The van der Waals surface area contributed by atoms with Crippen molar-refractivity contribution in [3.05, 3.63) is 17.1 Å². The highest BCUT2D eigenvalue weighted by molar-refractivity contribution is 5.88. The minimum absolute atomic E-state index is 0.594. The molecule has 6 nitrogen and oxygen atoms in total. The molecule has 0 aromatic carbocycles. The Balaban J connectivity index is 1.51. The van der Waals surface area contributed by atoms with Crippen LogP contribution in [0.1, 0.15) is 63.0 Å². The first-order valence-electron chi connectivity index (χ1n) is 11.2. The van der Waals surface area contributed by atoms with E-state index in [1.54, 1.807) is 0 Å². The zero-order valence-electron chi connectivity index (χ0n) is 18.1. The molecule has 0 aliphatic carbocycles. The van der Waals surface area contributed by atoms with Crippen LogP contribution in [0.15, 0.2) is 0 Å². The first-order valence-corrected chi connectivity index (χ1v) is 11.2. The van der Waals surface area contributed by atoms with Crippen molar-refractivity contribution in [3.63, 3.8) is 0 Å². The number of rotatable bonds is 10. The van der Waals surface area contributed by atoms with Gasteiger partial charge in [-0.15, -0.1) is 0 Å². The number of unbranched alkanes of at least 4 members (excludes halogenated alkanes) is 3. The Kier molecular flexibility index (Phi) is 7.68. The minimum Gasteiger partial charge on any atom is -0.382 e. The number of aryl methyl sites for hydroxylation is 3. The molecule has 0 saturated carbocycles. The Bertz CT molecular complexity index is 745.